The second-order valence-electron chi connectivity index (χ2n) is 5.76. The maximum atomic E-state index is 13.4. The Morgan fingerprint density at radius 1 is 1.05 bits per heavy atom. The number of hydrogen-bond acceptors (Lipinski definition) is 1. The molecule has 2 aromatic rings. The molecule has 3 rings (SSSR count). The summed E-state index contributed by atoms with van der Waals surface area (Å²) in [6.07, 6.45) is 3.09. The summed E-state index contributed by atoms with van der Waals surface area (Å²) in [7, 11) is 0. The molecule has 1 fully saturated rings. The van der Waals surface area contributed by atoms with Gasteiger partial charge in [-0.3, -0.25) is 0 Å². The van der Waals surface area contributed by atoms with E-state index in [1.54, 1.807) is 0 Å². The van der Waals surface area contributed by atoms with Crippen LogP contribution in [0.5, 0.6) is 0 Å². The monoisotopic (exact) mass is 270 g/mol. The van der Waals surface area contributed by atoms with E-state index >= 15 is 0 Å². The molecule has 2 heteroatoms. The predicted molar refractivity (Wildman–Crippen MR) is 78.2 cm³/mol. The SMILES string of the molecule is Cc1cc(F)cc(C(O)c2ccc(C3CCC3)cc2)c1. The Kier molecular flexibility index (Phi) is 3.58. The van der Waals surface area contributed by atoms with Crippen LogP contribution in [0, 0.1) is 12.7 Å². The molecule has 1 unspecified atom stereocenters. The first-order chi connectivity index (χ1) is 9.63. The van der Waals surface area contributed by atoms with E-state index in [9.17, 15) is 9.50 Å². The molecule has 0 amide bonds. The lowest BCUT2D eigenvalue weighted by atomic mass is 9.80. The molecule has 20 heavy (non-hydrogen) atoms. The Bertz CT molecular complexity index is 579. The highest BCUT2D eigenvalue weighted by Crippen LogP contribution is 2.36. The molecule has 0 heterocycles. The van der Waals surface area contributed by atoms with Gasteiger partial charge in [0.2, 0.25) is 0 Å². The van der Waals surface area contributed by atoms with E-state index in [1.165, 1.54) is 37.0 Å². The van der Waals surface area contributed by atoms with Crippen LogP contribution in [-0.2, 0) is 0 Å². The average molecular weight is 270 g/mol. The van der Waals surface area contributed by atoms with Crippen LogP contribution in [0.15, 0.2) is 42.5 Å². The van der Waals surface area contributed by atoms with Crippen LogP contribution >= 0.6 is 0 Å². The lowest BCUT2D eigenvalue weighted by molar-refractivity contribution is 0.219. The molecule has 0 aromatic heterocycles. The molecular formula is C18H19FO. The van der Waals surface area contributed by atoms with Crippen molar-refractivity contribution in [3.8, 4) is 0 Å². The molecule has 0 saturated heterocycles. The van der Waals surface area contributed by atoms with Gasteiger partial charge < -0.3 is 5.11 Å². The van der Waals surface area contributed by atoms with Crippen molar-refractivity contribution in [2.45, 2.75) is 38.2 Å². The van der Waals surface area contributed by atoms with Gasteiger partial charge in [-0.1, -0.05) is 36.8 Å². The third kappa shape index (κ3) is 2.61. The smallest absolute Gasteiger partial charge is 0.123 e. The number of rotatable bonds is 3. The van der Waals surface area contributed by atoms with Crippen molar-refractivity contribution >= 4 is 0 Å². The minimum absolute atomic E-state index is 0.301. The van der Waals surface area contributed by atoms with Crippen molar-refractivity contribution in [2.24, 2.45) is 0 Å². The highest BCUT2D eigenvalue weighted by atomic mass is 19.1. The van der Waals surface area contributed by atoms with Crippen LogP contribution in [0.2, 0.25) is 0 Å². The van der Waals surface area contributed by atoms with Crippen LogP contribution in [0.25, 0.3) is 0 Å². The highest BCUT2D eigenvalue weighted by molar-refractivity contribution is 5.35. The molecule has 104 valence electrons. The molecule has 1 aliphatic rings. The highest BCUT2D eigenvalue weighted by Gasteiger charge is 2.19. The van der Waals surface area contributed by atoms with Gasteiger partial charge in [0.15, 0.2) is 0 Å². The normalized spacial score (nSPS) is 16.8. The second-order valence-corrected chi connectivity index (χ2v) is 5.76. The fourth-order valence-corrected chi connectivity index (χ4v) is 2.81. The molecule has 0 radical (unpaired) electrons. The molecule has 2 aromatic carbocycles. The molecule has 0 aliphatic heterocycles. The Morgan fingerprint density at radius 2 is 1.75 bits per heavy atom. The zero-order valence-electron chi connectivity index (χ0n) is 11.6. The molecule has 0 bridgehead atoms. The van der Waals surface area contributed by atoms with Gasteiger partial charge >= 0.3 is 0 Å². The van der Waals surface area contributed by atoms with E-state index in [-0.39, 0.29) is 5.82 Å². The number of aliphatic hydroxyl groups is 1. The average Bonchev–Trinajstić information content (AvgIpc) is 2.35. The van der Waals surface area contributed by atoms with Crippen LogP contribution in [-0.4, -0.2) is 5.11 Å². The lowest BCUT2D eigenvalue weighted by Gasteiger charge is -2.26. The van der Waals surface area contributed by atoms with Crippen molar-refractivity contribution in [1.82, 2.24) is 0 Å². The maximum absolute atomic E-state index is 13.4. The largest absolute Gasteiger partial charge is 0.384 e. The summed E-state index contributed by atoms with van der Waals surface area (Å²) in [5, 5.41) is 10.4. The summed E-state index contributed by atoms with van der Waals surface area (Å²) < 4.78 is 13.4. The first-order valence-corrected chi connectivity index (χ1v) is 7.18. The summed E-state index contributed by atoms with van der Waals surface area (Å²) in [6.45, 7) is 1.83. The van der Waals surface area contributed by atoms with Gasteiger partial charge in [-0.05, 0) is 60.1 Å². The molecule has 0 spiro atoms. The molecule has 1 N–H and O–H groups in total. The van der Waals surface area contributed by atoms with Crippen molar-refractivity contribution in [2.75, 3.05) is 0 Å². The minimum atomic E-state index is -0.764. The van der Waals surface area contributed by atoms with Crippen molar-refractivity contribution in [3.05, 3.63) is 70.5 Å². The van der Waals surface area contributed by atoms with E-state index in [1.807, 2.05) is 25.1 Å². The summed E-state index contributed by atoms with van der Waals surface area (Å²) in [6, 6.07) is 12.8. The van der Waals surface area contributed by atoms with E-state index in [0.29, 0.717) is 11.5 Å². The molecule has 1 atom stereocenters. The van der Waals surface area contributed by atoms with E-state index in [2.05, 4.69) is 12.1 Å². The van der Waals surface area contributed by atoms with Gasteiger partial charge in [0.05, 0.1) is 0 Å². The summed E-state index contributed by atoms with van der Waals surface area (Å²) >= 11 is 0. The van der Waals surface area contributed by atoms with Crippen LogP contribution in [0.3, 0.4) is 0 Å². The Morgan fingerprint density at radius 3 is 2.30 bits per heavy atom. The third-order valence-corrected chi connectivity index (χ3v) is 4.21. The zero-order valence-corrected chi connectivity index (χ0v) is 11.6. The second kappa shape index (κ2) is 5.37. The lowest BCUT2D eigenvalue weighted by Crippen LogP contribution is -2.09. The van der Waals surface area contributed by atoms with Crippen molar-refractivity contribution in [3.63, 3.8) is 0 Å². The number of aliphatic hydroxyl groups excluding tert-OH is 1. The van der Waals surface area contributed by atoms with Gasteiger partial charge in [0.1, 0.15) is 11.9 Å². The Hall–Kier alpha value is -1.67. The quantitative estimate of drug-likeness (QED) is 0.871. The van der Waals surface area contributed by atoms with E-state index in [0.717, 1.165) is 11.1 Å². The Balaban J connectivity index is 1.83. The molecular weight excluding hydrogens is 251 g/mol. The van der Waals surface area contributed by atoms with Gasteiger partial charge in [-0.15, -0.1) is 0 Å². The number of halogens is 1. The van der Waals surface area contributed by atoms with Gasteiger partial charge in [0.25, 0.3) is 0 Å². The van der Waals surface area contributed by atoms with Crippen LogP contribution in [0.1, 0.15) is 53.5 Å². The van der Waals surface area contributed by atoms with Crippen molar-refractivity contribution < 1.29 is 9.50 Å². The predicted octanol–water partition coefficient (Wildman–Crippen LogP) is 4.48. The first-order valence-electron chi connectivity index (χ1n) is 7.18. The third-order valence-electron chi connectivity index (χ3n) is 4.21. The number of aryl methyl sites for hydroxylation is 1. The van der Waals surface area contributed by atoms with Crippen LogP contribution in [0.4, 0.5) is 4.39 Å². The zero-order chi connectivity index (χ0) is 14.1. The number of hydrogen-bond donors (Lipinski definition) is 1. The Labute approximate surface area is 119 Å². The summed E-state index contributed by atoms with van der Waals surface area (Å²) in [4.78, 5) is 0. The summed E-state index contributed by atoms with van der Waals surface area (Å²) in [5.74, 6) is 0.391. The fraction of sp³-hybridized carbons (Fsp3) is 0.333. The topological polar surface area (TPSA) is 20.2 Å². The summed E-state index contributed by atoms with van der Waals surface area (Å²) in [5.41, 5.74) is 3.60. The standard InChI is InChI=1S/C18H19FO/c1-12-9-16(11-17(19)10-12)18(20)15-7-5-14(6-8-15)13-3-2-4-13/h5-11,13,18,20H,2-4H2,1H3. The van der Waals surface area contributed by atoms with Gasteiger partial charge in [-0.25, -0.2) is 4.39 Å². The molecule has 1 nitrogen and oxygen atoms in total. The van der Waals surface area contributed by atoms with E-state index in [4.69, 9.17) is 0 Å². The maximum Gasteiger partial charge on any atom is 0.123 e. The minimum Gasteiger partial charge on any atom is -0.384 e. The molecule has 1 saturated carbocycles. The van der Waals surface area contributed by atoms with Crippen molar-refractivity contribution in [1.29, 1.82) is 0 Å². The number of benzene rings is 2. The first kappa shape index (κ1) is 13.3. The fourth-order valence-electron chi connectivity index (χ4n) is 2.81. The van der Waals surface area contributed by atoms with Gasteiger partial charge in [0, 0.05) is 0 Å². The molecule has 1 aliphatic carbocycles. The van der Waals surface area contributed by atoms with Gasteiger partial charge in [-0.2, -0.15) is 0 Å². The van der Waals surface area contributed by atoms with Crippen LogP contribution < -0.4 is 0 Å². The van der Waals surface area contributed by atoms with E-state index < -0.39 is 6.10 Å².